The van der Waals surface area contributed by atoms with Crippen molar-refractivity contribution in [1.82, 2.24) is 15.1 Å². The maximum atomic E-state index is 9.02. The minimum absolute atomic E-state index is 0.0303. The number of thiazole rings is 1. The van der Waals surface area contributed by atoms with Crippen LogP contribution in [0.2, 0.25) is 0 Å². The van der Waals surface area contributed by atoms with Gasteiger partial charge >= 0.3 is 0 Å². The maximum Gasteiger partial charge on any atom is 0.232 e. The van der Waals surface area contributed by atoms with Crippen molar-refractivity contribution in [2.45, 2.75) is 19.8 Å². The van der Waals surface area contributed by atoms with Crippen LogP contribution in [0.1, 0.15) is 25.7 Å². The molecule has 2 unspecified atom stereocenters. The number of rotatable bonds is 2. The second-order valence-corrected chi connectivity index (χ2v) is 5.61. The second kappa shape index (κ2) is 3.37. The van der Waals surface area contributed by atoms with Gasteiger partial charge in [-0.3, -0.25) is 4.98 Å². The summed E-state index contributed by atoms with van der Waals surface area (Å²) < 4.78 is 5.25. The predicted octanol–water partition coefficient (Wildman–Crippen LogP) is 2.46. The molecule has 2 aromatic heterocycles. The third kappa shape index (κ3) is 1.46. The normalized spacial score (nSPS) is 25.5. The standard InChI is InChI=1S/C11H10N4OS/c1-11(2)6(3-12)8(11)10-14-9(15-16-10)7-4-13-5-17-7/h4-6,8H,1-2H3. The van der Waals surface area contributed by atoms with Crippen molar-refractivity contribution < 1.29 is 4.52 Å². The van der Waals surface area contributed by atoms with Crippen LogP contribution in [0.25, 0.3) is 10.7 Å². The van der Waals surface area contributed by atoms with Crippen molar-refractivity contribution >= 4 is 11.3 Å². The summed E-state index contributed by atoms with van der Waals surface area (Å²) >= 11 is 1.47. The predicted molar refractivity (Wildman–Crippen MR) is 61.0 cm³/mol. The topological polar surface area (TPSA) is 75.6 Å². The zero-order valence-electron chi connectivity index (χ0n) is 9.41. The Balaban J connectivity index is 1.91. The van der Waals surface area contributed by atoms with E-state index in [0.717, 1.165) is 4.88 Å². The summed E-state index contributed by atoms with van der Waals surface area (Å²) in [5.41, 5.74) is 1.66. The van der Waals surface area contributed by atoms with E-state index in [2.05, 4.69) is 21.2 Å². The lowest BCUT2D eigenvalue weighted by molar-refractivity contribution is 0.368. The van der Waals surface area contributed by atoms with Gasteiger partial charge < -0.3 is 4.52 Å². The molecule has 2 atom stereocenters. The van der Waals surface area contributed by atoms with Crippen molar-refractivity contribution in [3.8, 4) is 16.8 Å². The van der Waals surface area contributed by atoms with Crippen molar-refractivity contribution in [1.29, 1.82) is 5.26 Å². The smallest absolute Gasteiger partial charge is 0.232 e. The molecule has 1 aliphatic carbocycles. The van der Waals surface area contributed by atoms with Gasteiger partial charge in [0.25, 0.3) is 0 Å². The van der Waals surface area contributed by atoms with Gasteiger partial charge in [0.1, 0.15) is 0 Å². The zero-order valence-corrected chi connectivity index (χ0v) is 10.2. The largest absolute Gasteiger partial charge is 0.339 e. The van der Waals surface area contributed by atoms with Gasteiger partial charge in [-0.1, -0.05) is 19.0 Å². The molecule has 5 nitrogen and oxygen atoms in total. The molecule has 0 amide bonds. The molecule has 0 radical (unpaired) electrons. The molecule has 0 spiro atoms. The fourth-order valence-corrected chi connectivity index (χ4v) is 2.67. The molecule has 2 heterocycles. The van der Waals surface area contributed by atoms with E-state index in [-0.39, 0.29) is 17.3 Å². The maximum absolute atomic E-state index is 9.02. The molecule has 1 saturated carbocycles. The molecule has 1 fully saturated rings. The fourth-order valence-electron chi connectivity index (χ4n) is 2.13. The third-order valence-corrected chi connectivity index (χ3v) is 4.10. The van der Waals surface area contributed by atoms with Crippen LogP contribution < -0.4 is 0 Å². The summed E-state index contributed by atoms with van der Waals surface area (Å²) in [4.78, 5) is 9.20. The Morgan fingerprint density at radius 1 is 1.53 bits per heavy atom. The average molecular weight is 246 g/mol. The Morgan fingerprint density at radius 3 is 2.94 bits per heavy atom. The van der Waals surface area contributed by atoms with Gasteiger partial charge in [0.05, 0.1) is 28.3 Å². The molecule has 86 valence electrons. The molecule has 3 rings (SSSR count). The Bertz CT molecular complexity index is 581. The highest BCUT2D eigenvalue weighted by Crippen LogP contribution is 2.63. The molecule has 6 heteroatoms. The van der Waals surface area contributed by atoms with Crippen LogP contribution in [0.4, 0.5) is 0 Å². The highest BCUT2D eigenvalue weighted by Gasteiger charge is 2.62. The first kappa shape index (κ1) is 10.4. The van der Waals surface area contributed by atoms with Crippen molar-refractivity contribution in [2.24, 2.45) is 11.3 Å². The summed E-state index contributed by atoms with van der Waals surface area (Å²) in [6, 6.07) is 2.28. The zero-order chi connectivity index (χ0) is 12.0. The van der Waals surface area contributed by atoms with Gasteiger partial charge in [-0.05, 0) is 5.41 Å². The van der Waals surface area contributed by atoms with Crippen LogP contribution in [-0.4, -0.2) is 15.1 Å². The van der Waals surface area contributed by atoms with Crippen LogP contribution in [0, 0.1) is 22.7 Å². The molecule has 0 aromatic carbocycles. The number of nitrogens with zero attached hydrogens (tertiary/aromatic N) is 4. The Hall–Kier alpha value is -1.74. The van der Waals surface area contributed by atoms with Gasteiger partial charge in [-0.2, -0.15) is 10.2 Å². The second-order valence-electron chi connectivity index (χ2n) is 4.73. The van der Waals surface area contributed by atoms with Gasteiger partial charge in [0, 0.05) is 6.20 Å². The van der Waals surface area contributed by atoms with E-state index in [0.29, 0.717) is 11.7 Å². The Kier molecular flexibility index (Phi) is 2.07. The number of aromatic nitrogens is 3. The molecule has 0 aliphatic heterocycles. The highest BCUT2D eigenvalue weighted by atomic mass is 32.1. The first-order chi connectivity index (χ1) is 8.14. The minimum Gasteiger partial charge on any atom is -0.339 e. The van der Waals surface area contributed by atoms with Crippen LogP contribution in [0.5, 0.6) is 0 Å². The number of nitriles is 1. The summed E-state index contributed by atoms with van der Waals surface area (Å²) in [7, 11) is 0. The van der Waals surface area contributed by atoms with Gasteiger partial charge in [-0.25, -0.2) is 0 Å². The van der Waals surface area contributed by atoms with Crippen LogP contribution in [0.15, 0.2) is 16.2 Å². The lowest BCUT2D eigenvalue weighted by Crippen LogP contribution is -1.90. The Morgan fingerprint density at radius 2 is 2.35 bits per heavy atom. The SMILES string of the molecule is CC1(C)C(C#N)C1c1nc(-c2cncs2)no1. The molecular formula is C11H10N4OS. The van der Waals surface area contributed by atoms with Crippen molar-refractivity contribution in [3.63, 3.8) is 0 Å². The van der Waals surface area contributed by atoms with Gasteiger partial charge in [0.15, 0.2) is 0 Å². The summed E-state index contributed by atoms with van der Waals surface area (Å²) in [5, 5.41) is 12.9. The van der Waals surface area contributed by atoms with Gasteiger partial charge in [0.2, 0.25) is 11.7 Å². The lowest BCUT2D eigenvalue weighted by atomic mass is 10.1. The van der Waals surface area contributed by atoms with Crippen molar-refractivity contribution in [3.05, 3.63) is 17.6 Å². The van der Waals surface area contributed by atoms with Crippen LogP contribution >= 0.6 is 11.3 Å². The molecule has 0 N–H and O–H groups in total. The van der Waals surface area contributed by atoms with E-state index in [1.54, 1.807) is 11.7 Å². The highest BCUT2D eigenvalue weighted by molar-refractivity contribution is 7.13. The Labute approximate surface area is 102 Å². The molecule has 0 bridgehead atoms. The monoisotopic (exact) mass is 246 g/mol. The van der Waals surface area contributed by atoms with Crippen molar-refractivity contribution in [2.75, 3.05) is 0 Å². The van der Waals surface area contributed by atoms with E-state index in [4.69, 9.17) is 9.78 Å². The lowest BCUT2D eigenvalue weighted by Gasteiger charge is -1.94. The van der Waals surface area contributed by atoms with E-state index in [9.17, 15) is 0 Å². The number of hydrogen-bond acceptors (Lipinski definition) is 6. The van der Waals surface area contributed by atoms with E-state index < -0.39 is 0 Å². The average Bonchev–Trinajstić information content (AvgIpc) is 2.79. The summed E-state index contributed by atoms with van der Waals surface area (Å²) in [5.74, 6) is 1.14. The molecule has 17 heavy (non-hydrogen) atoms. The first-order valence-electron chi connectivity index (χ1n) is 5.26. The van der Waals surface area contributed by atoms with Crippen LogP contribution in [0.3, 0.4) is 0 Å². The molecule has 0 saturated heterocycles. The fraction of sp³-hybridized carbons (Fsp3) is 0.455. The third-order valence-electron chi connectivity index (χ3n) is 3.33. The van der Waals surface area contributed by atoms with Gasteiger partial charge in [-0.15, -0.1) is 11.3 Å². The van der Waals surface area contributed by atoms with E-state index >= 15 is 0 Å². The van der Waals surface area contributed by atoms with Crippen LogP contribution in [-0.2, 0) is 0 Å². The van der Waals surface area contributed by atoms with E-state index in [1.807, 2.05) is 13.8 Å². The molecule has 2 aromatic rings. The molecule has 1 aliphatic rings. The molecular weight excluding hydrogens is 236 g/mol. The quantitative estimate of drug-likeness (QED) is 0.813. The summed E-state index contributed by atoms with van der Waals surface area (Å²) in [6.07, 6.45) is 1.71. The minimum atomic E-state index is -0.0632. The van der Waals surface area contributed by atoms with E-state index in [1.165, 1.54) is 11.3 Å². The summed E-state index contributed by atoms with van der Waals surface area (Å²) in [6.45, 7) is 4.09. The number of hydrogen-bond donors (Lipinski definition) is 0. The first-order valence-corrected chi connectivity index (χ1v) is 6.14.